The normalized spacial score (nSPS) is 15.5. The Morgan fingerprint density at radius 1 is 1.21 bits per heavy atom. The van der Waals surface area contributed by atoms with E-state index in [0.717, 1.165) is 17.7 Å². The number of carbonyl (C=O) groups excluding carboxylic acids is 1. The lowest BCUT2D eigenvalue weighted by molar-refractivity contribution is -0.120. The monoisotopic (exact) mass is 488 g/mol. The Morgan fingerprint density at radius 3 is 2.64 bits per heavy atom. The van der Waals surface area contributed by atoms with Gasteiger partial charge in [-0.25, -0.2) is 8.42 Å². The van der Waals surface area contributed by atoms with Crippen molar-refractivity contribution >= 4 is 33.2 Å². The molecule has 0 atom stereocenters. The molecular weight excluding hydrogens is 464 g/mol. The van der Waals surface area contributed by atoms with Crippen molar-refractivity contribution in [3.8, 4) is 11.4 Å². The third-order valence-electron chi connectivity index (χ3n) is 5.76. The van der Waals surface area contributed by atoms with E-state index in [2.05, 4.69) is 22.4 Å². The third kappa shape index (κ3) is 5.10. The first-order valence-corrected chi connectivity index (χ1v) is 12.6. The van der Waals surface area contributed by atoms with Crippen LogP contribution in [0.25, 0.3) is 11.4 Å². The fourth-order valence-corrected chi connectivity index (χ4v) is 5.84. The van der Waals surface area contributed by atoms with Crippen molar-refractivity contribution in [2.45, 2.75) is 38.0 Å². The lowest BCUT2D eigenvalue weighted by Crippen LogP contribution is -2.41. The fourth-order valence-electron chi connectivity index (χ4n) is 3.87. The lowest BCUT2D eigenvalue weighted by atomic mass is 9.97. The molecule has 8 nitrogen and oxygen atoms in total. The van der Waals surface area contributed by atoms with Crippen molar-refractivity contribution in [3.63, 3.8) is 0 Å². The van der Waals surface area contributed by atoms with E-state index >= 15 is 0 Å². The Balaban J connectivity index is 1.45. The molecule has 1 aliphatic rings. The number of halogens is 1. The molecule has 1 amide bonds. The van der Waals surface area contributed by atoms with Gasteiger partial charge in [-0.15, -0.1) is 0 Å². The largest absolute Gasteiger partial charge is 0.339 e. The van der Waals surface area contributed by atoms with Crippen LogP contribution in [0.2, 0.25) is 5.02 Å². The van der Waals surface area contributed by atoms with Crippen molar-refractivity contribution in [2.24, 2.45) is 5.92 Å². The van der Waals surface area contributed by atoms with Crippen molar-refractivity contribution in [3.05, 3.63) is 58.9 Å². The number of rotatable bonds is 6. The zero-order chi connectivity index (χ0) is 23.6. The first-order valence-electron chi connectivity index (χ1n) is 10.8. The van der Waals surface area contributed by atoms with E-state index in [1.807, 2.05) is 24.3 Å². The minimum atomic E-state index is -3.85. The Hall–Kier alpha value is -2.75. The maximum atomic E-state index is 13.3. The summed E-state index contributed by atoms with van der Waals surface area (Å²) in [5.74, 6) is 0.327. The summed E-state index contributed by atoms with van der Waals surface area (Å²) >= 11 is 6.25. The van der Waals surface area contributed by atoms with Crippen LogP contribution in [0.1, 0.15) is 31.2 Å². The highest BCUT2D eigenvalue weighted by Gasteiger charge is 2.33. The molecule has 1 aliphatic heterocycles. The van der Waals surface area contributed by atoms with E-state index in [4.69, 9.17) is 16.1 Å². The molecule has 10 heteroatoms. The Kier molecular flexibility index (Phi) is 6.83. The molecular formula is C23H25ClN4O4S. The highest BCUT2D eigenvalue weighted by molar-refractivity contribution is 7.89. The van der Waals surface area contributed by atoms with Crippen LogP contribution in [0.4, 0.5) is 5.69 Å². The number of anilines is 1. The minimum Gasteiger partial charge on any atom is -0.339 e. The number of benzene rings is 2. The predicted octanol–water partition coefficient (Wildman–Crippen LogP) is 4.30. The molecule has 4 rings (SSSR count). The maximum absolute atomic E-state index is 13.3. The van der Waals surface area contributed by atoms with Gasteiger partial charge in [0.05, 0.1) is 5.02 Å². The van der Waals surface area contributed by atoms with E-state index < -0.39 is 10.0 Å². The molecule has 0 aliphatic carbocycles. The van der Waals surface area contributed by atoms with E-state index in [1.54, 1.807) is 13.0 Å². The zero-order valence-electron chi connectivity index (χ0n) is 18.4. The van der Waals surface area contributed by atoms with Gasteiger partial charge in [-0.05, 0) is 55.2 Å². The average Bonchev–Trinajstić information content (AvgIpc) is 3.25. The number of hydrogen-bond donors (Lipinski definition) is 1. The van der Waals surface area contributed by atoms with Gasteiger partial charge in [0, 0.05) is 37.2 Å². The molecule has 0 saturated carbocycles. The van der Waals surface area contributed by atoms with Crippen LogP contribution in [-0.4, -0.2) is 41.9 Å². The summed E-state index contributed by atoms with van der Waals surface area (Å²) in [6, 6.07) is 12.4. The van der Waals surface area contributed by atoms with Gasteiger partial charge in [0.1, 0.15) is 4.90 Å². The highest BCUT2D eigenvalue weighted by Crippen LogP contribution is 2.31. The number of aryl methyl sites for hydroxylation is 2. The zero-order valence-corrected chi connectivity index (χ0v) is 20.0. The van der Waals surface area contributed by atoms with Gasteiger partial charge in [-0.1, -0.05) is 35.8 Å². The van der Waals surface area contributed by atoms with E-state index in [9.17, 15) is 13.2 Å². The Morgan fingerprint density at radius 2 is 1.97 bits per heavy atom. The molecule has 0 unspecified atom stereocenters. The molecule has 174 valence electrons. The first kappa shape index (κ1) is 23.4. The number of piperidine rings is 1. The van der Waals surface area contributed by atoms with Crippen molar-refractivity contribution in [1.82, 2.24) is 14.4 Å². The second-order valence-corrected chi connectivity index (χ2v) is 10.3. The van der Waals surface area contributed by atoms with Crippen LogP contribution in [0.15, 0.2) is 51.9 Å². The van der Waals surface area contributed by atoms with Crippen molar-refractivity contribution in [1.29, 1.82) is 0 Å². The average molecular weight is 489 g/mol. The summed E-state index contributed by atoms with van der Waals surface area (Å²) in [4.78, 5) is 16.9. The van der Waals surface area contributed by atoms with E-state index in [1.165, 1.54) is 16.4 Å². The van der Waals surface area contributed by atoms with Crippen LogP contribution in [0.3, 0.4) is 0 Å². The van der Waals surface area contributed by atoms with Crippen molar-refractivity contribution < 1.29 is 17.7 Å². The number of amides is 1. The lowest BCUT2D eigenvalue weighted by Gasteiger charge is -2.30. The van der Waals surface area contributed by atoms with Gasteiger partial charge in [0.2, 0.25) is 27.6 Å². The number of sulfonamides is 1. The summed E-state index contributed by atoms with van der Waals surface area (Å²) in [6.45, 7) is 4.18. The number of nitrogens with one attached hydrogen (secondary N) is 1. The highest BCUT2D eigenvalue weighted by atomic mass is 35.5. The van der Waals surface area contributed by atoms with Gasteiger partial charge < -0.3 is 9.84 Å². The summed E-state index contributed by atoms with van der Waals surface area (Å²) in [5, 5.41) is 6.92. The fraction of sp³-hybridized carbons (Fsp3) is 0.348. The smallest absolute Gasteiger partial charge is 0.244 e. The molecule has 1 fully saturated rings. The molecule has 1 aromatic heterocycles. The molecule has 3 aromatic rings. The van der Waals surface area contributed by atoms with Crippen LogP contribution < -0.4 is 5.32 Å². The summed E-state index contributed by atoms with van der Waals surface area (Å²) in [6.07, 6.45) is 1.75. The van der Waals surface area contributed by atoms with Crippen LogP contribution >= 0.6 is 11.6 Å². The first-order chi connectivity index (χ1) is 15.8. The summed E-state index contributed by atoms with van der Waals surface area (Å²) in [5.41, 5.74) is 2.40. The van der Waals surface area contributed by atoms with Crippen molar-refractivity contribution in [2.75, 3.05) is 18.4 Å². The van der Waals surface area contributed by atoms with Crippen LogP contribution in [-0.2, 0) is 21.2 Å². The van der Waals surface area contributed by atoms with Gasteiger partial charge in [-0.3, -0.25) is 4.79 Å². The van der Waals surface area contributed by atoms with Gasteiger partial charge in [-0.2, -0.15) is 9.29 Å². The molecule has 0 spiro atoms. The molecule has 1 N–H and O–H groups in total. The van der Waals surface area contributed by atoms with Gasteiger partial charge >= 0.3 is 0 Å². The number of nitrogens with zero attached hydrogens (tertiary/aromatic N) is 3. The second kappa shape index (κ2) is 9.62. The minimum absolute atomic E-state index is 0.0107. The Labute approximate surface area is 198 Å². The SMILES string of the molecule is CCc1cccc(NC(=O)C2CCN(S(=O)(=O)c3cc(-c4noc(C)n4)ccc3Cl)CC2)c1. The maximum Gasteiger partial charge on any atom is 0.244 e. The number of aromatic nitrogens is 2. The molecule has 0 radical (unpaired) electrons. The molecule has 2 aromatic carbocycles. The Bertz CT molecular complexity index is 1270. The molecule has 2 heterocycles. The quantitative estimate of drug-likeness (QED) is 0.554. The topological polar surface area (TPSA) is 105 Å². The standard InChI is InChI=1S/C23H25ClN4O4S/c1-3-16-5-4-6-19(13-16)26-23(29)17-9-11-28(12-10-17)33(30,31)21-14-18(7-8-20(21)24)22-25-15(2)32-27-22/h4-8,13-14,17H,3,9-12H2,1-2H3,(H,26,29). The van der Waals surface area contributed by atoms with Crippen LogP contribution in [0, 0.1) is 12.8 Å². The molecule has 33 heavy (non-hydrogen) atoms. The molecule has 0 bridgehead atoms. The van der Waals surface area contributed by atoms with E-state index in [0.29, 0.717) is 30.1 Å². The molecule has 1 saturated heterocycles. The van der Waals surface area contributed by atoms with Crippen LogP contribution in [0.5, 0.6) is 0 Å². The number of carbonyl (C=O) groups is 1. The van der Waals surface area contributed by atoms with Gasteiger partial charge in [0.25, 0.3) is 0 Å². The van der Waals surface area contributed by atoms with E-state index in [-0.39, 0.29) is 34.8 Å². The summed E-state index contributed by atoms with van der Waals surface area (Å²) < 4.78 is 33.0. The summed E-state index contributed by atoms with van der Waals surface area (Å²) in [7, 11) is -3.85. The third-order valence-corrected chi connectivity index (χ3v) is 8.14. The predicted molar refractivity (Wildman–Crippen MR) is 125 cm³/mol. The van der Waals surface area contributed by atoms with Gasteiger partial charge in [0.15, 0.2) is 0 Å². The number of hydrogen-bond acceptors (Lipinski definition) is 6. The second-order valence-electron chi connectivity index (χ2n) is 8.00.